The highest BCUT2D eigenvalue weighted by Gasteiger charge is 2.42. The van der Waals surface area contributed by atoms with Crippen LogP contribution < -0.4 is 5.32 Å². The fourth-order valence-electron chi connectivity index (χ4n) is 7.25. The van der Waals surface area contributed by atoms with E-state index >= 15 is 0 Å². The third kappa shape index (κ3) is 6.25. The van der Waals surface area contributed by atoms with Gasteiger partial charge in [0.2, 0.25) is 5.91 Å². The number of piperazine rings is 1. The molecule has 0 aliphatic carbocycles. The van der Waals surface area contributed by atoms with Crippen molar-refractivity contribution in [2.45, 2.75) is 44.1 Å². The van der Waals surface area contributed by atoms with Crippen LogP contribution in [0.3, 0.4) is 0 Å². The number of thiazole rings is 1. The van der Waals surface area contributed by atoms with Gasteiger partial charge >= 0.3 is 11.9 Å². The summed E-state index contributed by atoms with van der Waals surface area (Å²) >= 11 is 14.6. The number of carbonyl (C=O) groups excluding carboxylic acids is 1. The van der Waals surface area contributed by atoms with Gasteiger partial charge < -0.3 is 25.3 Å². The number of aliphatic carboxylic acids is 2. The van der Waals surface area contributed by atoms with Crippen molar-refractivity contribution in [3.8, 4) is 0 Å². The molecular formula is C31H35Cl2N5O5S. The summed E-state index contributed by atoms with van der Waals surface area (Å²) < 4.78 is 0. The number of carbonyl (C=O) groups is 3. The lowest BCUT2D eigenvalue weighted by Crippen LogP contribution is -2.61. The maximum Gasteiger partial charge on any atom is 0.334 e. The van der Waals surface area contributed by atoms with E-state index in [2.05, 4.69) is 20.1 Å². The Morgan fingerprint density at radius 3 is 2.16 bits per heavy atom. The van der Waals surface area contributed by atoms with Gasteiger partial charge in [-0.25, -0.2) is 14.6 Å². The number of dihydropyridines is 1. The molecule has 1 aromatic heterocycles. The topological polar surface area (TPSA) is 126 Å². The Labute approximate surface area is 269 Å². The molecule has 2 atom stereocenters. The first-order valence-electron chi connectivity index (χ1n) is 15.0. The third-order valence-electron chi connectivity index (χ3n) is 9.44. The molecule has 13 heteroatoms. The van der Waals surface area contributed by atoms with E-state index < -0.39 is 17.9 Å². The van der Waals surface area contributed by atoms with Crippen LogP contribution in [-0.2, 0) is 20.8 Å². The zero-order valence-corrected chi connectivity index (χ0v) is 26.5. The van der Waals surface area contributed by atoms with Crippen molar-refractivity contribution in [3.63, 3.8) is 0 Å². The Bertz CT molecular complexity index is 1480. The van der Waals surface area contributed by atoms with Crippen molar-refractivity contribution in [1.82, 2.24) is 25.0 Å². The summed E-state index contributed by atoms with van der Waals surface area (Å²) in [6.45, 7) is 6.12. The van der Waals surface area contributed by atoms with Crippen molar-refractivity contribution in [2.24, 2.45) is 5.92 Å². The quantitative estimate of drug-likeness (QED) is 0.365. The van der Waals surface area contributed by atoms with Gasteiger partial charge in [-0.1, -0.05) is 29.3 Å². The molecule has 1 aromatic carbocycles. The first kappa shape index (κ1) is 31.0. The summed E-state index contributed by atoms with van der Waals surface area (Å²) in [5.74, 6) is -3.41. The van der Waals surface area contributed by atoms with E-state index in [-0.39, 0.29) is 51.2 Å². The Morgan fingerprint density at radius 2 is 1.59 bits per heavy atom. The predicted octanol–water partition coefficient (Wildman–Crippen LogP) is 4.08. The molecule has 6 heterocycles. The SMILES string of the molecule is O=C(O)C1=C(CCc2nccs2)NC(CC(=O)N2CCN([C@@H]3CN4CCC3CC4)CC2)=C(C(=O)O)C1c1c(Cl)cccc1Cl. The normalized spacial score (nSPS) is 25.7. The van der Waals surface area contributed by atoms with E-state index in [9.17, 15) is 24.6 Å². The Hall–Kier alpha value is -2.96. The number of piperidine rings is 3. The van der Waals surface area contributed by atoms with E-state index in [1.54, 1.807) is 29.3 Å². The molecule has 4 fully saturated rings. The number of fused-ring (bicyclic) bond motifs is 3. The first-order chi connectivity index (χ1) is 21.2. The second kappa shape index (κ2) is 13.2. The monoisotopic (exact) mass is 659 g/mol. The first-order valence-corrected chi connectivity index (χ1v) is 16.6. The highest BCUT2D eigenvalue weighted by molar-refractivity contribution is 7.09. The van der Waals surface area contributed by atoms with Gasteiger partial charge in [-0.15, -0.1) is 11.3 Å². The van der Waals surface area contributed by atoms with Gasteiger partial charge in [0.05, 0.1) is 28.5 Å². The maximum absolute atomic E-state index is 13.7. The van der Waals surface area contributed by atoms with Crippen LogP contribution >= 0.6 is 34.5 Å². The van der Waals surface area contributed by atoms with Crippen molar-refractivity contribution in [1.29, 1.82) is 0 Å². The van der Waals surface area contributed by atoms with Gasteiger partial charge in [-0.2, -0.15) is 0 Å². The lowest BCUT2D eigenvalue weighted by atomic mass is 9.79. The second-order valence-corrected chi connectivity index (χ2v) is 13.6. The Morgan fingerprint density at radius 1 is 0.932 bits per heavy atom. The molecule has 3 N–H and O–H groups in total. The van der Waals surface area contributed by atoms with Crippen LogP contribution in [-0.4, -0.2) is 99.6 Å². The third-order valence-corrected chi connectivity index (χ3v) is 10.9. The van der Waals surface area contributed by atoms with Crippen LogP contribution in [0, 0.1) is 5.92 Å². The molecule has 10 nitrogen and oxygen atoms in total. The molecule has 44 heavy (non-hydrogen) atoms. The van der Waals surface area contributed by atoms with E-state index in [0.29, 0.717) is 37.2 Å². The van der Waals surface area contributed by atoms with Gasteiger partial charge in [0, 0.05) is 83.8 Å². The molecule has 5 aliphatic rings. The van der Waals surface area contributed by atoms with Crippen molar-refractivity contribution >= 4 is 52.4 Å². The molecule has 2 bridgehead atoms. The largest absolute Gasteiger partial charge is 0.478 e. The minimum atomic E-state index is -1.34. The molecule has 1 unspecified atom stereocenters. The average molecular weight is 661 g/mol. The summed E-state index contributed by atoms with van der Waals surface area (Å²) in [4.78, 5) is 50.5. The molecule has 0 radical (unpaired) electrons. The fourth-order valence-corrected chi connectivity index (χ4v) is 8.48. The van der Waals surface area contributed by atoms with E-state index in [0.717, 1.165) is 24.6 Å². The molecule has 0 spiro atoms. The average Bonchev–Trinajstić information content (AvgIpc) is 3.54. The smallest absolute Gasteiger partial charge is 0.334 e. The fraction of sp³-hybridized carbons (Fsp3) is 0.484. The summed E-state index contributed by atoms with van der Waals surface area (Å²) in [6, 6.07) is 5.25. The molecule has 1 amide bonds. The number of nitrogens with one attached hydrogen (secondary N) is 1. The maximum atomic E-state index is 13.7. The number of amides is 1. The summed E-state index contributed by atoms with van der Waals surface area (Å²) in [5, 5.41) is 27.0. The van der Waals surface area contributed by atoms with Crippen LogP contribution in [0.1, 0.15) is 42.2 Å². The number of hydrogen-bond acceptors (Lipinski definition) is 8. The van der Waals surface area contributed by atoms with Crippen LogP contribution in [0.4, 0.5) is 0 Å². The van der Waals surface area contributed by atoms with Gasteiger partial charge in [-0.3, -0.25) is 9.69 Å². The van der Waals surface area contributed by atoms with E-state index in [4.69, 9.17) is 23.2 Å². The number of halogens is 2. The molecule has 5 aliphatic heterocycles. The van der Waals surface area contributed by atoms with Crippen molar-refractivity contribution in [2.75, 3.05) is 45.8 Å². The van der Waals surface area contributed by atoms with Crippen LogP contribution in [0.15, 0.2) is 52.3 Å². The molecule has 234 valence electrons. The second-order valence-electron chi connectivity index (χ2n) is 11.8. The highest BCUT2D eigenvalue weighted by atomic mass is 35.5. The zero-order valence-electron chi connectivity index (χ0n) is 24.2. The number of aromatic nitrogens is 1. The Balaban J connectivity index is 1.28. The molecule has 2 aromatic rings. The molecule has 0 saturated carbocycles. The minimum Gasteiger partial charge on any atom is -0.478 e. The van der Waals surface area contributed by atoms with Gasteiger partial charge in [0.25, 0.3) is 0 Å². The number of aryl methyl sites for hydroxylation is 1. The zero-order chi connectivity index (χ0) is 31.0. The highest BCUT2D eigenvalue weighted by Crippen LogP contribution is 2.45. The van der Waals surface area contributed by atoms with E-state index in [1.165, 1.54) is 37.3 Å². The number of benzene rings is 1. The summed E-state index contributed by atoms with van der Waals surface area (Å²) in [6.07, 6.45) is 4.61. The van der Waals surface area contributed by atoms with Crippen molar-refractivity contribution < 1.29 is 24.6 Å². The molecule has 4 saturated heterocycles. The number of nitrogens with zero attached hydrogens (tertiary/aromatic N) is 4. The number of rotatable bonds is 9. The summed E-state index contributed by atoms with van der Waals surface area (Å²) in [5.41, 5.74) is 0.261. The number of hydrogen-bond donors (Lipinski definition) is 3. The number of carboxylic acids is 2. The predicted molar refractivity (Wildman–Crippen MR) is 168 cm³/mol. The van der Waals surface area contributed by atoms with Crippen LogP contribution in [0.2, 0.25) is 10.0 Å². The van der Waals surface area contributed by atoms with Crippen LogP contribution in [0.25, 0.3) is 0 Å². The molecule has 7 rings (SSSR count). The Kier molecular flexibility index (Phi) is 9.30. The van der Waals surface area contributed by atoms with Gasteiger partial charge in [-0.05, 0) is 50.4 Å². The van der Waals surface area contributed by atoms with E-state index in [1.807, 2.05) is 5.38 Å². The standard InChI is InChI=1S/C31H35Cl2N5O5S/c32-19-2-1-3-20(33)26(19)29-27(30(40)41)21(4-5-24-34-8-15-44-24)35-22(28(29)31(42)43)16-25(39)38-13-11-37(12-14-38)23-17-36-9-6-18(23)7-10-36/h1-3,8,15,18,23,29,35H,4-7,9-14,16-17H2,(H,40,41)(H,42,43)/t23-,29?/m1/s1. The van der Waals surface area contributed by atoms with Crippen LogP contribution in [0.5, 0.6) is 0 Å². The number of carboxylic acid groups (broad SMARTS) is 2. The van der Waals surface area contributed by atoms with Crippen molar-refractivity contribution in [3.05, 3.63) is 72.9 Å². The van der Waals surface area contributed by atoms with Gasteiger partial charge in [0.1, 0.15) is 0 Å². The lowest BCUT2D eigenvalue weighted by Gasteiger charge is -2.51. The minimum absolute atomic E-state index is 0.149. The number of allylic oxidation sites excluding steroid dienone is 1. The molecular weight excluding hydrogens is 625 g/mol. The lowest BCUT2D eigenvalue weighted by molar-refractivity contribution is -0.133. The van der Waals surface area contributed by atoms with Gasteiger partial charge in [0.15, 0.2) is 0 Å². The summed E-state index contributed by atoms with van der Waals surface area (Å²) in [7, 11) is 0.